The molecule has 0 aromatic heterocycles. The molecule has 1 saturated carbocycles. The van der Waals surface area contributed by atoms with E-state index in [0.29, 0.717) is 13.0 Å². The molecule has 2 saturated heterocycles. The highest BCUT2D eigenvalue weighted by atomic mass is 16.5. The van der Waals surface area contributed by atoms with Crippen LogP contribution >= 0.6 is 0 Å². The Morgan fingerprint density at radius 2 is 1.85 bits per heavy atom. The standard InChI is InChI=1S/C23H31NO3/c1-21(2,3)16-10-6-7-11-18(16)24-12-8-9-15-13-17-19(25)14-22(4,5)27-23(15,17)20(24)26/h6-7,10-11,15,17H,8-9,12-14H2,1-5H3/t15-,17-,23-/m1/s1. The van der Waals surface area contributed by atoms with Crippen molar-refractivity contribution in [3.8, 4) is 0 Å². The maximum atomic E-state index is 13.9. The molecule has 3 fully saturated rings. The molecule has 1 amide bonds. The number of rotatable bonds is 1. The number of ether oxygens (including phenoxy) is 1. The van der Waals surface area contributed by atoms with Gasteiger partial charge in [0.2, 0.25) is 0 Å². The Kier molecular flexibility index (Phi) is 4.08. The third kappa shape index (κ3) is 2.75. The number of benzene rings is 1. The summed E-state index contributed by atoms with van der Waals surface area (Å²) in [5.74, 6) is 0.0802. The minimum Gasteiger partial charge on any atom is -0.358 e. The fourth-order valence-electron chi connectivity index (χ4n) is 5.40. The third-order valence-corrected chi connectivity index (χ3v) is 6.59. The molecule has 2 heterocycles. The van der Waals surface area contributed by atoms with Gasteiger partial charge in [0.05, 0.1) is 11.5 Å². The number of Topliss-reactive ketones (excluding diaryl/α,β-unsaturated/α-hetero) is 1. The van der Waals surface area contributed by atoms with Gasteiger partial charge in [-0.3, -0.25) is 9.59 Å². The Hall–Kier alpha value is -1.68. The van der Waals surface area contributed by atoms with Gasteiger partial charge in [0.15, 0.2) is 5.60 Å². The van der Waals surface area contributed by atoms with Gasteiger partial charge in [0.1, 0.15) is 5.78 Å². The van der Waals surface area contributed by atoms with E-state index in [1.165, 1.54) is 0 Å². The maximum absolute atomic E-state index is 13.9. The highest BCUT2D eigenvalue weighted by molar-refractivity contribution is 6.06. The normalized spacial score (nSPS) is 33.0. The predicted molar refractivity (Wildman–Crippen MR) is 106 cm³/mol. The molecular weight excluding hydrogens is 338 g/mol. The molecule has 4 heteroatoms. The van der Waals surface area contributed by atoms with Crippen molar-refractivity contribution < 1.29 is 14.3 Å². The van der Waals surface area contributed by atoms with Crippen molar-refractivity contribution in [3.05, 3.63) is 29.8 Å². The lowest BCUT2D eigenvalue weighted by Gasteiger charge is -2.59. The molecule has 1 aliphatic carbocycles. The first-order valence-electron chi connectivity index (χ1n) is 10.2. The second-order valence-corrected chi connectivity index (χ2v) is 10.1. The summed E-state index contributed by atoms with van der Waals surface area (Å²) in [6.45, 7) is 11.1. The molecule has 146 valence electrons. The minimum atomic E-state index is -0.958. The van der Waals surface area contributed by atoms with Crippen LogP contribution in [0.1, 0.15) is 65.9 Å². The monoisotopic (exact) mass is 369 g/mol. The van der Waals surface area contributed by atoms with Crippen molar-refractivity contribution in [2.45, 2.75) is 76.9 Å². The van der Waals surface area contributed by atoms with Crippen LogP contribution in [0.25, 0.3) is 0 Å². The van der Waals surface area contributed by atoms with Crippen molar-refractivity contribution in [2.24, 2.45) is 11.8 Å². The van der Waals surface area contributed by atoms with Crippen LogP contribution in [0.2, 0.25) is 0 Å². The van der Waals surface area contributed by atoms with Gasteiger partial charge in [0, 0.05) is 18.7 Å². The van der Waals surface area contributed by atoms with Crippen LogP contribution in [0.4, 0.5) is 5.69 Å². The minimum absolute atomic E-state index is 0.000856. The fraction of sp³-hybridized carbons (Fsp3) is 0.652. The Bertz CT molecular complexity index is 791. The molecule has 0 N–H and O–H groups in total. The number of carbonyl (C=O) groups excluding carboxylic acids is 2. The number of anilines is 1. The van der Waals surface area contributed by atoms with Crippen LogP contribution in [-0.4, -0.2) is 29.4 Å². The summed E-state index contributed by atoms with van der Waals surface area (Å²) in [6.07, 6.45) is 3.09. The summed E-state index contributed by atoms with van der Waals surface area (Å²) in [5, 5.41) is 0. The first kappa shape index (κ1) is 18.7. The second-order valence-electron chi connectivity index (χ2n) is 10.1. The predicted octanol–water partition coefficient (Wildman–Crippen LogP) is 4.25. The van der Waals surface area contributed by atoms with E-state index in [-0.39, 0.29) is 28.9 Å². The molecular formula is C23H31NO3. The van der Waals surface area contributed by atoms with Crippen LogP contribution in [0.15, 0.2) is 24.3 Å². The van der Waals surface area contributed by atoms with Crippen LogP contribution in [0, 0.1) is 11.8 Å². The van der Waals surface area contributed by atoms with Crippen molar-refractivity contribution >= 4 is 17.4 Å². The second kappa shape index (κ2) is 5.91. The summed E-state index contributed by atoms with van der Waals surface area (Å²) in [4.78, 5) is 28.6. The van der Waals surface area contributed by atoms with Crippen LogP contribution in [0.3, 0.4) is 0 Å². The van der Waals surface area contributed by atoms with E-state index in [1.54, 1.807) is 0 Å². The molecule has 0 bridgehead atoms. The lowest BCUT2D eigenvalue weighted by molar-refractivity contribution is -0.251. The van der Waals surface area contributed by atoms with Crippen molar-refractivity contribution in [1.29, 1.82) is 0 Å². The molecule has 1 aromatic carbocycles. The number of hydrogen-bond acceptors (Lipinski definition) is 3. The van der Waals surface area contributed by atoms with E-state index in [2.05, 4.69) is 26.8 Å². The van der Waals surface area contributed by atoms with E-state index in [4.69, 9.17) is 4.74 Å². The summed E-state index contributed by atoms with van der Waals surface area (Å²) >= 11 is 0. The van der Waals surface area contributed by atoms with Gasteiger partial charge in [-0.05, 0) is 56.1 Å². The molecule has 0 unspecified atom stereocenters. The summed E-state index contributed by atoms with van der Waals surface area (Å²) in [7, 11) is 0. The van der Waals surface area contributed by atoms with E-state index >= 15 is 0 Å². The Labute approximate surface area is 162 Å². The van der Waals surface area contributed by atoms with E-state index in [9.17, 15) is 9.59 Å². The zero-order valence-corrected chi connectivity index (χ0v) is 17.2. The average Bonchev–Trinajstić information content (AvgIpc) is 2.63. The molecule has 27 heavy (non-hydrogen) atoms. The molecule has 0 radical (unpaired) electrons. The van der Waals surface area contributed by atoms with Crippen molar-refractivity contribution in [1.82, 2.24) is 0 Å². The van der Waals surface area contributed by atoms with Gasteiger partial charge in [0.25, 0.3) is 5.91 Å². The zero-order chi connectivity index (χ0) is 19.6. The smallest absolute Gasteiger partial charge is 0.260 e. The number of carbonyl (C=O) groups is 2. The topological polar surface area (TPSA) is 46.6 Å². The van der Waals surface area contributed by atoms with Crippen LogP contribution < -0.4 is 4.90 Å². The average molecular weight is 370 g/mol. The largest absolute Gasteiger partial charge is 0.358 e. The number of para-hydroxylation sites is 1. The quantitative estimate of drug-likeness (QED) is 0.743. The molecule has 1 aromatic rings. The highest BCUT2D eigenvalue weighted by Crippen LogP contribution is 2.57. The summed E-state index contributed by atoms with van der Waals surface area (Å²) in [5.41, 5.74) is 0.518. The number of amides is 1. The highest BCUT2D eigenvalue weighted by Gasteiger charge is 2.69. The van der Waals surface area contributed by atoms with Gasteiger partial charge in [-0.25, -0.2) is 0 Å². The third-order valence-electron chi connectivity index (χ3n) is 6.59. The number of ketones is 1. The van der Waals surface area contributed by atoms with E-state index in [1.807, 2.05) is 36.9 Å². The molecule has 3 aliphatic rings. The van der Waals surface area contributed by atoms with Gasteiger partial charge < -0.3 is 9.64 Å². The molecule has 1 spiro atoms. The van der Waals surface area contributed by atoms with Crippen molar-refractivity contribution in [3.63, 3.8) is 0 Å². The van der Waals surface area contributed by atoms with Crippen molar-refractivity contribution in [2.75, 3.05) is 11.4 Å². The van der Waals surface area contributed by atoms with Gasteiger partial charge >= 0.3 is 0 Å². The Morgan fingerprint density at radius 3 is 2.56 bits per heavy atom. The Morgan fingerprint density at radius 1 is 1.15 bits per heavy atom. The van der Waals surface area contributed by atoms with Gasteiger partial charge in [-0.15, -0.1) is 0 Å². The SMILES string of the molecule is CC1(C)CC(=O)[C@H]2C[C@H]3CCCN(c4ccccc4C(C)(C)C)C(=O)[C@@]32O1. The molecule has 4 nitrogen and oxygen atoms in total. The van der Waals surface area contributed by atoms with E-state index < -0.39 is 11.2 Å². The van der Waals surface area contributed by atoms with Gasteiger partial charge in [-0.2, -0.15) is 0 Å². The van der Waals surface area contributed by atoms with Crippen LogP contribution in [0.5, 0.6) is 0 Å². The lowest BCUT2D eigenvalue weighted by atomic mass is 9.55. The molecule has 3 atom stereocenters. The molecule has 4 rings (SSSR count). The fourth-order valence-corrected chi connectivity index (χ4v) is 5.40. The lowest BCUT2D eigenvalue weighted by Crippen LogP contribution is -2.72. The maximum Gasteiger partial charge on any atom is 0.260 e. The first-order valence-corrected chi connectivity index (χ1v) is 10.2. The number of hydrogen-bond donors (Lipinski definition) is 0. The summed E-state index contributed by atoms with van der Waals surface area (Å²) < 4.78 is 6.49. The summed E-state index contributed by atoms with van der Waals surface area (Å²) in [6, 6.07) is 8.17. The number of nitrogens with zero attached hydrogens (tertiary/aromatic N) is 1. The van der Waals surface area contributed by atoms with Gasteiger partial charge in [-0.1, -0.05) is 39.0 Å². The molecule has 2 aliphatic heterocycles. The zero-order valence-electron chi connectivity index (χ0n) is 17.2. The Balaban J connectivity index is 1.80. The first-order chi connectivity index (χ1) is 12.6. The van der Waals surface area contributed by atoms with Crippen LogP contribution in [-0.2, 0) is 19.7 Å². The van der Waals surface area contributed by atoms with E-state index in [0.717, 1.165) is 30.5 Å².